The molecule has 31 heavy (non-hydrogen) atoms. The van der Waals surface area contributed by atoms with E-state index in [0.717, 1.165) is 16.7 Å². The van der Waals surface area contributed by atoms with Crippen LogP contribution in [0.1, 0.15) is 16.7 Å². The number of hydrogen-bond acceptors (Lipinski definition) is 4. The lowest BCUT2D eigenvalue weighted by atomic mass is 10.1. The standard InChI is InChI=1S/C26H27ClO4/c27-26-25(30-18-22-14-8-3-9-15-22)24(29-17-21-12-6-2-7-13-21)23(31-26)19-28-16-20-10-4-1-5-11-20/h1-15,23-26H,16-19H2/t23-,24-,25?,26?/m1/s1. The van der Waals surface area contributed by atoms with Gasteiger partial charge in [-0.2, -0.15) is 0 Å². The molecule has 162 valence electrons. The van der Waals surface area contributed by atoms with Crippen molar-refractivity contribution < 1.29 is 18.9 Å². The van der Waals surface area contributed by atoms with Gasteiger partial charge in [-0.1, -0.05) is 103 Å². The number of rotatable bonds is 10. The van der Waals surface area contributed by atoms with Crippen molar-refractivity contribution in [2.24, 2.45) is 0 Å². The first-order chi connectivity index (χ1) is 15.3. The summed E-state index contributed by atoms with van der Waals surface area (Å²) < 4.78 is 24.3. The number of hydrogen-bond donors (Lipinski definition) is 0. The maximum atomic E-state index is 6.53. The summed E-state index contributed by atoms with van der Waals surface area (Å²) >= 11 is 6.53. The van der Waals surface area contributed by atoms with Gasteiger partial charge in [0.1, 0.15) is 18.3 Å². The zero-order valence-electron chi connectivity index (χ0n) is 17.3. The Balaban J connectivity index is 1.39. The van der Waals surface area contributed by atoms with E-state index >= 15 is 0 Å². The smallest absolute Gasteiger partial charge is 0.160 e. The molecule has 0 N–H and O–H groups in total. The molecule has 0 radical (unpaired) electrons. The van der Waals surface area contributed by atoms with Gasteiger partial charge in [0.05, 0.1) is 26.4 Å². The topological polar surface area (TPSA) is 36.9 Å². The van der Waals surface area contributed by atoms with Gasteiger partial charge in [0, 0.05) is 0 Å². The van der Waals surface area contributed by atoms with Crippen LogP contribution in [-0.2, 0) is 38.8 Å². The van der Waals surface area contributed by atoms with E-state index in [9.17, 15) is 0 Å². The van der Waals surface area contributed by atoms with Crippen molar-refractivity contribution in [1.29, 1.82) is 0 Å². The molecule has 1 saturated heterocycles. The lowest BCUT2D eigenvalue weighted by molar-refractivity contribution is -0.0896. The van der Waals surface area contributed by atoms with Crippen molar-refractivity contribution in [1.82, 2.24) is 0 Å². The van der Waals surface area contributed by atoms with E-state index in [1.165, 1.54) is 0 Å². The summed E-state index contributed by atoms with van der Waals surface area (Å²) in [6.07, 6.45) is -1.03. The minimum Gasteiger partial charge on any atom is -0.374 e. The molecule has 0 amide bonds. The first-order valence-electron chi connectivity index (χ1n) is 10.5. The first kappa shape index (κ1) is 22.0. The molecule has 1 aliphatic heterocycles. The van der Waals surface area contributed by atoms with E-state index in [1.807, 2.05) is 91.0 Å². The molecule has 4 nitrogen and oxygen atoms in total. The van der Waals surface area contributed by atoms with Crippen molar-refractivity contribution >= 4 is 11.6 Å². The fourth-order valence-corrected chi connectivity index (χ4v) is 3.94. The van der Waals surface area contributed by atoms with E-state index in [-0.39, 0.29) is 12.2 Å². The first-order valence-corrected chi connectivity index (χ1v) is 11.0. The van der Waals surface area contributed by atoms with Crippen LogP contribution in [0.3, 0.4) is 0 Å². The number of ether oxygens (including phenoxy) is 4. The summed E-state index contributed by atoms with van der Waals surface area (Å²) in [5.74, 6) is 0. The van der Waals surface area contributed by atoms with E-state index in [2.05, 4.69) is 0 Å². The Morgan fingerprint density at radius 1 is 0.613 bits per heavy atom. The monoisotopic (exact) mass is 438 g/mol. The van der Waals surface area contributed by atoms with Crippen LogP contribution in [0.25, 0.3) is 0 Å². The largest absolute Gasteiger partial charge is 0.374 e. The van der Waals surface area contributed by atoms with Gasteiger partial charge < -0.3 is 18.9 Å². The maximum absolute atomic E-state index is 6.53. The number of benzene rings is 3. The molecule has 0 aliphatic carbocycles. The van der Waals surface area contributed by atoms with Crippen LogP contribution >= 0.6 is 11.6 Å². The average molecular weight is 439 g/mol. The Bertz CT molecular complexity index is 891. The van der Waals surface area contributed by atoms with Crippen LogP contribution < -0.4 is 0 Å². The molecule has 0 spiro atoms. The maximum Gasteiger partial charge on any atom is 0.160 e. The molecule has 1 aliphatic rings. The summed E-state index contributed by atoms with van der Waals surface area (Å²) in [4.78, 5) is 0. The van der Waals surface area contributed by atoms with E-state index < -0.39 is 11.7 Å². The SMILES string of the molecule is ClC1O[C@H](COCc2ccccc2)[C@@H](OCc2ccccc2)C1OCc1ccccc1. The molecule has 4 rings (SSSR count). The fourth-order valence-electron chi connectivity index (χ4n) is 3.59. The Morgan fingerprint density at radius 2 is 1.06 bits per heavy atom. The second-order valence-corrected chi connectivity index (χ2v) is 7.98. The quantitative estimate of drug-likeness (QED) is 0.400. The second kappa shape index (κ2) is 11.4. The summed E-state index contributed by atoms with van der Waals surface area (Å²) in [5.41, 5.74) is 2.68. The normalized spacial score (nSPS) is 23.1. The van der Waals surface area contributed by atoms with Crippen LogP contribution in [0.2, 0.25) is 0 Å². The number of halogens is 1. The van der Waals surface area contributed by atoms with Crippen molar-refractivity contribution in [3.63, 3.8) is 0 Å². The van der Waals surface area contributed by atoms with Crippen LogP contribution in [0, 0.1) is 0 Å². The third-order valence-corrected chi connectivity index (χ3v) is 5.57. The summed E-state index contributed by atoms with van der Waals surface area (Å²) in [7, 11) is 0. The highest BCUT2D eigenvalue weighted by Gasteiger charge is 2.45. The van der Waals surface area contributed by atoms with E-state index in [1.54, 1.807) is 0 Å². The van der Waals surface area contributed by atoms with Gasteiger partial charge in [0.25, 0.3) is 0 Å². The fraction of sp³-hybridized carbons (Fsp3) is 0.308. The van der Waals surface area contributed by atoms with Crippen molar-refractivity contribution in [3.8, 4) is 0 Å². The molecule has 3 aromatic rings. The lowest BCUT2D eigenvalue weighted by Crippen LogP contribution is -2.38. The summed E-state index contributed by atoms with van der Waals surface area (Å²) in [5, 5.41) is 0. The summed E-state index contributed by atoms with van der Waals surface area (Å²) in [6, 6.07) is 30.1. The molecule has 1 fully saturated rings. The third-order valence-electron chi connectivity index (χ3n) is 5.22. The minimum atomic E-state index is -0.602. The molecular formula is C26H27ClO4. The van der Waals surface area contributed by atoms with Gasteiger partial charge >= 0.3 is 0 Å². The Kier molecular flexibility index (Phi) is 8.11. The van der Waals surface area contributed by atoms with Gasteiger partial charge in [-0.25, -0.2) is 0 Å². The van der Waals surface area contributed by atoms with Gasteiger partial charge in [-0.05, 0) is 16.7 Å². The predicted molar refractivity (Wildman–Crippen MR) is 121 cm³/mol. The molecule has 1 heterocycles. The molecule has 0 aromatic heterocycles. The molecular weight excluding hydrogens is 412 g/mol. The highest BCUT2D eigenvalue weighted by molar-refractivity contribution is 6.20. The molecule has 0 bridgehead atoms. The highest BCUT2D eigenvalue weighted by atomic mass is 35.5. The zero-order chi connectivity index (χ0) is 21.3. The summed E-state index contributed by atoms with van der Waals surface area (Å²) in [6.45, 7) is 1.79. The van der Waals surface area contributed by atoms with Crippen LogP contribution in [0.4, 0.5) is 0 Å². The van der Waals surface area contributed by atoms with E-state index in [4.69, 9.17) is 30.5 Å². The molecule has 2 unspecified atom stereocenters. The Labute approximate surface area is 188 Å². The van der Waals surface area contributed by atoms with Crippen molar-refractivity contribution in [2.75, 3.05) is 6.61 Å². The van der Waals surface area contributed by atoms with Crippen LogP contribution in [-0.4, -0.2) is 30.5 Å². The Hall–Kier alpha value is -2.21. The third kappa shape index (κ3) is 6.39. The lowest BCUT2D eigenvalue weighted by Gasteiger charge is -2.24. The zero-order valence-corrected chi connectivity index (χ0v) is 18.1. The van der Waals surface area contributed by atoms with Crippen LogP contribution in [0.15, 0.2) is 91.0 Å². The van der Waals surface area contributed by atoms with Gasteiger partial charge in [-0.15, -0.1) is 0 Å². The highest BCUT2D eigenvalue weighted by Crippen LogP contribution is 2.31. The molecule has 4 atom stereocenters. The van der Waals surface area contributed by atoms with Crippen LogP contribution in [0.5, 0.6) is 0 Å². The Morgan fingerprint density at radius 3 is 1.58 bits per heavy atom. The average Bonchev–Trinajstić information content (AvgIpc) is 3.12. The second-order valence-electron chi connectivity index (χ2n) is 7.55. The predicted octanol–water partition coefficient (Wildman–Crippen LogP) is 5.34. The van der Waals surface area contributed by atoms with Gasteiger partial charge in [-0.3, -0.25) is 0 Å². The van der Waals surface area contributed by atoms with Gasteiger partial charge in [0.15, 0.2) is 5.56 Å². The van der Waals surface area contributed by atoms with Crippen molar-refractivity contribution in [3.05, 3.63) is 108 Å². The van der Waals surface area contributed by atoms with Crippen molar-refractivity contribution in [2.45, 2.75) is 43.7 Å². The van der Waals surface area contributed by atoms with E-state index in [0.29, 0.717) is 26.4 Å². The number of alkyl halides is 1. The minimum absolute atomic E-state index is 0.310. The molecule has 3 aromatic carbocycles. The molecule has 5 heteroatoms. The van der Waals surface area contributed by atoms with Gasteiger partial charge in [0.2, 0.25) is 0 Å². The molecule has 0 saturated carbocycles.